The maximum atomic E-state index is 2.70. The zero-order valence-corrected chi connectivity index (χ0v) is 19.9. The summed E-state index contributed by atoms with van der Waals surface area (Å²) in [6.45, 7) is 15.3. The van der Waals surface area contributed by atoms with Gasteiger partial charge in [0.05, 0.1) is 0 Å². The van der Waals surface area contributed by atoms with E-state index in [0.717, 1.165) is 35.5 Å². The van der Waals surface area contributed by atoms with Crippen LogP contribution in [0.1, 0.15) is 119 Å². The molecular formula is C28H48. The van der Waals surface area contributed by atoms with E-state index in [1.54, 1.807) is 0 Å². The highest BCUT2D eigenvalue weighted by atomic mass is 14.6. The highest BCUT2D eigenvalue weighted by molar-refractivity contribution is 5.34. The largest absolute Gasteiger partial charge is 0.0668 e. The molecule has 0 bridgehead atoms. The van der Waals surface area contributed by atoms with E-state index in [0.29, 0.717) is 10.8 Å². The predicted octanol–water partition coefficient (Wildman–Crippen LogP) is 8.81. The molecule has 0 aromatic rings. The van der Waals surface area contributed by atoms with Gasteiger partial charge in [-0.05, 0) is 97.7 Å². The van der Waals surface area contributed by atoms with Gasteiger partial charge in [0.2, 0.25) is 0 Å². The van der Waals surface area contributed by atoms with Crippen LogP contribution in [0, 0.1) is 46.3 Å². The molecule has 0 aliphatic heterocycles. The molecule has 4 rings (SSSR count). The summed E-state index contributed by atoms with van der Waals surface area (Å²) < 4.78 is 0. The fourth-order valence-electron chi connectivity index (χ4n) is 8.54. The van der Waals surface area contributed by atoms with E-state index in [9.17, 15) is 0 Å². The van der Waals surface area contributed by atoms with Gasteiger partial charge in [-0.15, -0.1) is 0 Å². The first-order chi connectivity index (χ1) is 13.3. The third-order valence-corrected chi connectivity index (χ3v) is 10.9. The van der Waals surface area contributed by atoms with Crippen LogP contribution in [0.5, 0.6) is 0 Å². The van der Waals surface area contributed by atoms with Gasteiger partial charge < -0.3 is 0 Å². The lowest BCUT2D eigenvalue weighted by atomic mass is 9.49. The topological polar surface area (TPSA) is 0 Å². The van der Waals surface area contributed by atoms with E-state index in [1.807, 2.05) is 11.1 Å². The van der Waals surface area contributed by atoms with Gasteiger partial charge in [0.25, 0.3) is 0 Å². The summed E-state index contributed by atoms with van der Waals surface area (Å²) in [5, 5.41) is 0. The first-order valence-corrected chi connectivity index (χ1v) is 13.0. The standard InChI is InChI=1S/C28H48/c1-19(2)20(3)10-11-21(4)24-14-15-25-23-13-12-22-9-7-8-17-27(22,5)26(23)16-18-28(24,25)6/h19-22,24,26H,7-18H2,1-6H3/t20?,21-,22?,24-,26?,27+,28-/m1/s1. The van der Waals surface area contributed by atoms with Crippen molar-refractivity contribution in [2.75, 3.05) is 0 Å². The molecule has 0 radical (unpaired) electrons. The Morgan fingerprint density at radius 3 is 2.39 bits per heavy atom. The van der Waals surface area contributed by atoms with Crippen molar-refractivity contribution in [3.05, 3.63) is 11.1 Å². The second-order valence-electron chi connectivity index (χ2n) is 12.4. The quantitative estimate of drug-likeness (QED) is 0.415. The van der Waals surface area contributed by atoms with Crippen LogP contribution in [-0.4, -0.2) is 0 Å². The summed E-state index contributed by atoms with van der Waals surface area (Å²) in [4.78, 5) is 0. The van der Waals surface area contributed by atoms with Gasteiger partial charge in [0.15, 0.2) is 0 Å². The highest BCUT2D eigenvalue weighted by Gasteiger charge is 2.54. The molecule has 0 nitrogen and oxygen atoms in total. The van der Waals surface area contributed by atoms with Gasteiger partial charge >= 0.3 is 0 Å². The molecule has 4 aliphatic rings. The number of hydrogen-bond donors (Lipinski definition) is 0. The Kier molecular flexibility index (Phi) is 5.83. The number of hydrogen-bond acceptors (Lipinski definition) is 0. The monoisotopic (exact) mass is 384 g/mol. The maximum absolute atomic E-state index is 2.70. The van der Waals surface area contributed by atoms with Crippen LogP contribution >= 0.6 is 0 Å². The maximum Gasteiger partial charge on any atom is -0.00825 e. The third-order valence-electron chi connectivity index (χ3n) is 10.9. The minimum absolute atomic E-state index is 0.546. The lowest BCUT2D eigenvalue weighted by Crippen LogP contribution is -2.46. The molecule has 0 aromatic carbocycles. The summed E-state index contributed by atoms with van der Waals surface area (Å²) >= 11 is 0. The van der Waals surface area contributed by atoms with Crippen LogP contribution < -0.4 is 0 Å². The SMILES string of the molecule is CC(C)C(C)CC[C@@H](C)[C@H]1CCC2=C3CCC4CCCC[C@]4(C)C3CC[C@@]21C. The summed E-state index contributed by atoms with van der Waals surface area (Å²) in [5.41, 5.74) is 5.18. The average Bonchev–Trinajstić information content (AvgIpc) is 3.02. The second kappa shape index (κ2) is 7.77. The average molecular weight is 385 g/mol. The van der Waals surface area contributed by atoms with Crippen LogP contribution in [-0.2, 0) is 0 Å². The van der Waals surface area contributed by atoms with Crippen molar-refractivity contribution in [1.29, 1.82) is 0 Å². The summed E-state index contributed by atoms with van der Waals surface area (Å²) in [6, 6.07) is 0. The lowest BCUT2D eigenvalue weighted by Gasteiger charge is -2.56. The predicted molar refractivity (Wildman–Crippen MR) is 122 cm³/mol. The van der Waals surface area contributed by atoms with Crippen molar-refractivity contribution in [2.24, 2.45) is 46.3 Å². The molecule has 0 saturated heterocycles. The minimum Gasteiger partial charge on any atom is -0.0668 e. The molecule has 28 heavy (non-hydrogen) atoms. The zero-order chi connectivity index (χ0) is 20.1. The second-order valence-corrected chi connectivity index (χ2v) is 12.4. The molecule has 0 heterocycles. The first kappa shape index (κ1) is 21.0. The van der Waals surface area contributed by atoms with E-state index in [4.69, 9.17) is 0 Å². The van der Waals surface area contributed by atoms with Crippen LogP contribution in [0.2, 0.25) is 0 Å². The molecule has 0 spiro atoms. The first-order valence-electron chi connectivity index (χ1n) is 13.0. The molecule has 0 N–H and O–H groups in total. The molecule has 0 heteroatoms. The molecular weight excluding hydrogens is 336 g/mol. The van der Waals surface area contributed by atoms with Gasteiger partial charge in [-0.1, -0.05) is 78.4 Å². The van der Waals surface area contributed by atoms with E-state index in [2.05, 4.69) is 41.5 Å². The number of allylic oxidation sites excluding steroid dienone is 2. The van der Waals surface area contributed by atoms with E-state index in [-0.39, 0.29) is 0 Å². The van der Waals surface area contributed by atoms with Gasteiger partial charge in [-0.3, -0.25) is 0 Å². The summed E-state index contributed by atoms with van der Waals surface area (Å²) in [5.74, 6) is 5.56. The molecule has 3 unspecified atom stereocenters. The van der Waals surface area contributed by atoms with Gasteiger partial charge in [0, 0.05) is 0 Å². The molecule has 3 saturated carbocycles. The van der Waals surface area contributed by atoms with Gasteiger partial charge in [-0.25, -0.2) is 0 Å². The molecule has 3 fully saturated rings. The summed E-state index contributed by atoms with van der Waals surface area (Å²) in [6.07, 6.45) is 17.8. The smallest absolute Gasteiger partial charge is 0.00825 e. The summed E-state index contributed by atoms with van der Waals surface area (Å²) in [7, 11) is 0. The molecule has 4 aliphatic carbocycles. The van der Waals surface area contributed by atoms with Crippen molar-refractivity contribution < 1.29 is 0 Å². The Labute approximate surface area is 176 Å². The van der Waals surface area contributed by atoms with Gasteiger partial charge in [0.1, 0.15) is 0 Å². The Morgan fingerprint density at radius 1 is 0.857 bits per heavy atom. The molecule has 160 valence electrons. The Balaban J connectivity index is 1.53. The highest BCUT2D eigenvalue weighted by Crippen LogP contribution is 2.65. The van der Waals surface area contributed by atoms with E-state index >= 15 is 0 Å². The molecule has 0 aromatic heterocycles. The van der Waals surface area contributed by atoms with E-state index in [1.165, 1.54) is 77.0 Å². The van der Waals surface area contributed by atoms with Crippen molar-refractivity contribution in [3.63, 3.8) is 0 Å². The van der Waals surface area contributed by atoms with Crippen LogP contribution in [0.25, 0.3) is 0 Å². The van der Waals surface area contributed by atoms with Crippen molar-refractivity contribution >= 4 is 0 Å². The number of fused-ring (bicyclic) bond motifs is 4. The van der Waals surface area contributed by atoms with Crippen molar-refractivity contribution in [1.82, 2.24) is 0 Å². The molecule has 7 atom stereocenters. The minimum atomic E-state index is 0.546. The third kappa shape index (κ3) is 3.33. The fourth-order valence-corrected chi connectivity index (χ4v) is 8.54. The fraction of sp³-hybridized carbons (Fsp3) is 0.929. The van der Waals surface area contributed by atoms with Crippen LogP contribution in [0.3, 0.4) is 0 Å². The zero-order valence-electron chi connectivity index (χ0n) is 19.9. The van der Waals surface area contributed by atoms with Crippen molar-refractivity contribution in [3.8, 4) is 0 Å². The lowest BCUT2D eigenvalue weighted by molar-refractivity contribution is 0.00922. The molecule has 0 amide bonds. The van der Waals surface area contributed by atoms with Crippen LogP contribution in [0.4, 0.5) is 0 Å². The van der Waals surface area contributed by atoms with E-state index < -0.39 is 0 Å². The van der Waals surface area contributed by atoms with Crippen molar-refractivity contribution in [2.45, 2.75) is 119 Å². The Bertz CT molecular complexity index is 597. The Morgan fingerprint density at radius 2 is 1.64 bits per heavy atom. The van der Waals surface area contributed by atoms with Gasteiger partial charge in [-0.2, -0.15) is 0 Å². The van der Waals surface area contributed by atoms with Crippen LogP contribution in [0.15, 0.2) is 11.1 Å². The normalized spacial score (nSPS) is 42.8. The number of rotatable bonds is 5. The Hall–Kier alpha value is -0.260.